The lowest BCUT2D eigenvalue weighted by atomic mass is 10.2. The molecule has 1 atom stereocenters. The van der Waals surface area contributed by atoms with Gasteiger partial charge in [0.25, 0.3) is 6.43 Å². The molecule has 0 saturated carbocycles. The fourth-order valence-electron chi connectivity index (χ4n) is 1.38. The number of hydrogen-bond donors (Lipinski definition) is 1. The standard InChI is InChI=1S/C12H17F2NO/c1-3-16-8-9(2)15-11-6-4-5-10(7-11)12(13)14/h4-7,9,12,15H,3,8H2,1-2H3. The van der Waals surface area contributed by atoms with Crippen molar-refractivity contribution in [1.29, 1.82) is 0 Å². The Bertz CT molecular complexity index is 318. The third-order valence-corrected chi connectivity index (χ3v) is 2.12. The third kappa shape index (κ3) is 4.14. The van der Waals surface area contributed by atoms with E-state index >= 15 is 0 Å². The Labute approximate surface area is 94.6 Å². The van der Waals surface area contributed by atoms with Crippen molar-refractivity contribution in [2.75, 3.05) is 18.5 Å². The highest BCUT2D eigenvalue weighted by molar-refractivity contribution is 5.46. The molecule has 4 heteroatoms. The van der Waals surface area contributed by atoms with Gasteiger partial charge in [-0.15, -0.1) is 0 Å². The lowest BCUT2D eigenvalue weighted by Crippen LogP contribution is -2.21. The van der Waals surface area contributed by atoms with Gasteiger partial charge in [0, 0.05) is 23.9 Å². The maximum absolute atomic E-state index is 12.4. The highest BCUT2D eigenvalue weighted by Crippen LogP contribution is 2.21. The second-order valence-electron chi connectivity index (χ2n) is 3.63. The molecule has 0 radical (unpaired) electrons. The number of halogens is 2. The molecule has 1 rings (SSSR count). The van der Waals surface area contributed by atoms with Gasteiger partial charge in [0.05, 0.1) is 6.61 Å². The summed E-state index contributed by atoms with van der Waals surface area (Å²) < 4.78 is 30.1. The fraction of sp³-hybridized carbons (Fsp3) is 0.500. The molecule has 0 aromatic heterocycles. The van der Waals surface area contributed by atoms with E-state index in [-0.39, 0.29) is 11.6 Å². The minimum Gasteiger partial charge on any atom is -0.380 e. The molecule has 0 saturated heterocycles. The van der Waals surface area contributed by atoms with E-state index < -0.39 is 6.43 Å². The molecule has 0 aliphatic carbocycles. The van der Waals surface area contributed by atoms with Crippen molar-refractivity contribution in [2.45, 2.75) is 26.3 Å². The van der Waals surface area contributed by atoms with Crippen LogP contribution in [-0.4, -0.2) is 19.3 Å². The number of nitrogens with one attached hydrogen (secondary N) is 1. The summed E-state index contributed by atoms with van der Waals surface area (Å²) >= 11 is 0. The van der Waals surface area contributed by atoms with Crippen LogP contribution in [0.25, 0.3) is 0 Å². The van der Waals surface area contributed by atoms with Crippen LogP contribution >= 0.6 is 0 Å². The summed E-state index contributed by atoms with van der Waals surface area (Å²) in [6.07, 6.45) is -2.43. The summed E-state index contributed by atoms with van der Waals surface area (Å²) in [5.74, 6) is 0. The lowest BCUT2D eigenvalue weighted by Gasteiger charge is -2.15. The Morgan fingerprint density at radius 1 is 1.38 bits per heavy atom. The minimum absolute atomic E-state index is 0.0357. The van der Waals surface area contributed by atoms with Crippen molar-refractivity contribution in [3.05, 3.63) is 29.8 Å². The topological polar surface area (TPSA) is 21.3 Å². The van der Waals surface area contributed by atoms with Crippen LogP contribution in [0, 0.1) is 0 Å². The second-order valence-corrected chi connectivity index (χ2v) is 3.63. The van der Waals surface area contributed by atoms with Gasteiger partial charge in [-0.25, -0.2) is 8.78 Å². The van der Waals surface area contributed by atoms with Crippen molar-refractivity contribution in [3.63, 3.8) is 0 Å². The van der Waals surface area contributed by atoms with Gasteiger partial charge in [0.1, 0.15) is 0 Å². The predicted molar refractivity (Wildman–Crippen MR) is 61.0 cm³/mol. The zero-order chi connectivity index (χ0) is 12.0. The summed E-state index contributed by atoms with van der Waals surface area (Å²) in [6.45, 7) is 5.09. The monoisotopic (exact) mass is 229 g/mol. The van der Waals surface area contributed by atoms with Gasteiger partial charge in [-0.1, -0.05) is 12.1 Å². The first-order valence-corrected chi connectivity index (χ1v) is 5.36. The van der Waals surface area contributed by atoms with Crippen molar-refractivity contribution < 1.29 is 13.5 Å². The van der Waals surface area contributed by atoms with Crippen LogP contribution in [0.5, 0.6) is 0 Å². The summed E-state index contributed by atoms with van der Waals surface area (Å²) in [5.41, 5.74) is 0.735. The Morgan fingerprint density at radius 2 is 2.12 bits per heavy atom. The average molecular weight is 229 g/mol. The molecule has 2 nitrogen and oxygen atoms in total. The van der Waals surface area contributed by atoms with E-state index in [1.54, 1.807) is 12.1 Å². The molecule has 0 spiro atoms. The van der Waals surface area contributed by atoms with Crippen molar-refractivity contribution in [3.8, 4) is 0 Å². The highest BCUT2D eigenvalue weighted by Gasteiger charge is 2.08. The Balaban J connectivity index is 2.56. The molecule has 0 heterocycles. The molecule has 0 aliphatic rings. The van der Waals surface area contributed by atoms with Gasteiger partial charge in [-0.05, 0) is 26.0 Å². The van der Waals surface area contributed by atoms with Gasteiger partial charge in [0.2, 0.25) is 0 Å². The maximum Gasteiger partial charge on any atom is 0.263 e. The molecule has 1 aromatic carbocycles. The first-order chi connectivity index (χ1) is 7.63. The Kier molecular flexibility index (Phi) is 5.19. The summed E-state index contributed by atoms with van der Waals surface area (Å²) in [6, 6.07) is 6.38. The van der Waals surface area contributed by atoms with E-state index in [1.165, 1.54) is 12.1 Å². The van der Waals surface area contributed by atoms with Gasteiger partial charge >= 0.3 is 0 Å². The van der Waals surface area contributed by atoms with E-state index in [2.05, 4.69) is 5.32 Å². The first kappa shape index (κ1) is 12.9. The third-order valence-electron chi connectivity index (χ3n) is 2.12. The molecule has 0 aliphatic heterocycles. The first-order valence-electron chi connectivity index (χ1n) is 5.36. The van der Waals surface area contributed by atoms with Crippen LogP contribution in [-0.2, 0) is 4.74 Å². The van der Waals surface area contributed by atoms with Gasteiger partial charge in [0.15, 0.2) is 0 Å². The maximum atomic E-state index is 12.4. The summed E-state index contributed by atoms with van der Waals surface area (Å²) in [7, 11) is 0. The van der Waals surface area contributed by atoms with Crippen LogP contribution in [0.4, 0.5) is 14.5 Å². The zero-order valence-electron chi connectivity index (χ0n) is 9.54. The molecular weight excluding hydrogens is 212 g/mol. The molecule has 1 unspecified atom stereocenters. The van der Waals surface area contributed by atoms with Crippen molar-refractivity contribution in [2.24, 2.45) is 0 Å². The van der Waals surface area contributed by atoms with Crippen LogP contribution < -0.4 is 5.32 Å². The van der Waals surface area contributed by atoms with E-state index in [9.17, 15) is 8.78 Å². The molecule has 1 aromatic rings. The zero-order valence-corrected chi connectivity index (χ0v) is 9.54. The average Bonchev–Trinajstić information content (AvgIpc) is 2.26. The minimum atomic E-state index is -2.43. The second kappa shape index (κ2) is 6.43. The SMILES string of the molecule is CCOCC(C)Nc1cccc(C(F)F)c1. The van der Waals surface area contributed by atoms with Crippen molar-refractivity contribution in [1.82, 2.24) is 0 Å². The smallest absolute Gasteiger partial charge is 0.263 e. The molecule has 0 fully saturated rings. The van der Waals surface area contributed by atoms with Crippen LogP contribution in [0.2, 0.25) is 0 Å². The molecular formula is C12H17F2NO. The van der Waals surface area contributed by atoms with E-state index in [0.717, 1.165) is 0 Å². The van der Waals surface area contributed by atoms with Crippen LogP contribution in [0.1, 0.15) is 25.8 Å². The number of rotatable bonds is 6. The fourth-order valence-corrected chi connectivity index (χ4v) is 1.38. The number of hydrogen-bond acceptors (Lipinski definition) is 2. The molecule has 1 N–H and O–H groups in total. The van der Waals surface area contributed by atoms with E-state index in [1.807, 2.05) is 13.8 Å². The molecule has 0 bridgehead atoms. The molecule has 90 valence electrons. The number of alkyl halides is 2. The molecule has 16 heavy (non-hydrogen) atoms. The van der Waals surface area contributed by atoms with Gasteiger partial charge in [-0.2, -0.15) is 0 Å². The lowest BCUT2D eigenvalue weighted by molar-refractivity contribution is 0.141. The van der Waals surface area contributed by atoms with Crippen LogP contribution in [0.3, 0.4) is 0 Å². The van der Waals surface area contributed by atoms with Gasteiger partial charge in [-0.3, -0.25) is 0 Å². The number of ether oxygens (including phenoxy) is 1. The van der Waals surface area contributed by atoms with Crippen LogP contribution in [0.15, 0.2) is 24.3 Å². The van der Waals surface area contributed by atoms with Gasteiger partial charge < -0.3 is 10.1 Å². The summed E-state index contributed by atoms with van der Waals surface area (Å²) in [4.78, 5) is 0. The Hall–Kier alpha value is -1.16. The normalized spacial score (nSPS) is 12.8. The Morgan fingerprint density at radius 3 is 2.75 bits per heavy atom. The summed E-state index contributed by atoms with van der Waals surface area (Å²) in [5, 5.41) is 3.11. The molecule has 0 amide bonds. The van der Waals surface area contributed by atoms with E-state index in [0.29, 0.717) is 18.9 Å². The van der Waals surface area contributed by atoms with E-state index in [4.69, 9.17) is 4.74 Å². The van der Waals surface area contributed by atoms with Crippen molar-refractivity contribution >= 4 is 5.69 Å². The highest BCUT2D eigenvalue weighted by atomic mass is 19.3. The predicted octanol–water partition coefficient (Wildman–Crippen LogP) is 3.46. The quantitative estimate of drug-likeness (QED) is 0.806. The largest absolute Gasteiger partial charge is 0.380 e. The number of benzene rings is 1. The number of anilines is 1.